The SMILES string of the molecule is CC(C)[C@@H](C(=O)N1C[C@H](O)C[C@H]1C(=O)N[C@@H](C)c1ccc(-c2c(F)cccc2F)cc1)c1cc(OCC2CCN(C(=O)OC(C)(C)C)CC2)no1. The fourth-order valence-electron chi connectivity index (χ4n) is 6.62. The van der Waals surface area contributed by atoms with Gasteiger partial charge in [0.05, 0.1) is 24.3 Å². The van der Waals surface area contributed by atoms with Crippen molar-refractivity contribution in [2.75, 3.05) is 26.2 Å². The smallest absolute Gasteiger partial charge is 0.410 e. The van der Waals surface area contributed by atoms with Crippen LogP contribution in [0.3, 0.4) is 0 Å². The lowest BCUT2D eigenvalue weighted by molar-refractivity contribution is -0.141. The first-order valence-corrected chi connectivity index (χ1v) is 17.5. The maximum atomic E-state index is 14.3. The van der Waals surface area contributed by atoms with Gasteiger partial charge in [-0.2, -0.15) is 0 Å². The minimum absolute atomic E-state index is 0.0170. The van der Waals surface area contributed by atoms with E-state index in [0.717, 1.165) is 12.8 Å². The van der Waals surface area contributed by atoms with E-state index in [-0.39, 0.29) is 48.2 Å². The topological polar surface area (TPSA) is 134 Å². The molecule has 2 aromatic carbocycles. The van der Waals surface area contributed by atoms with Crippen LogP contribution in [0.5, 0.6) is 5.88 Å². The molecule has 3 amide bonds. The number of nitrogens with zero attached hydrogens (tertiary/aromatic N) is 3. The molecule has 2 fully saturated rings. The number of halogens is 2. The molecule has 1 aromatic heterocycles. The summed E-state index contributed by atoms with van der Waals surface area (Å²) in [6.45, 7) is 12.5. The van der Waals surface area contributed by atoms with E-state index >= 15 is 0 Å². The summed E-state index contributed by atoms with van der Waals surface area (Å²) in [6.07, 6.45) is 0.347. The Labute approximate surface area is 297 Å². The van der Waals surface area contributed by atoms with Crippen LogP contribution < -0.4 is 10.1 Å². The summed E-state index contributed by atoms with van der Waals surface area (Å²) in [7, 11) is 0. The molecule has 0 bridgehead atoms. The second-order valence-electron chi connectivity index (χ2n) is 14.9. The first kappa shape index (κ1) is 37.7. The number of carbonyl (C=O) groups is 3. The van der Waals surface area contributed by atoms with Crippen LogP contribution in [0.15, 0.2) is 53.1 Å². The van der Waals surface area contributed by atoms with Crippen molar-refractivity contribution in [3.05, 3.63) is 71.5 Å². The second-order valence-corrected chi connectivity index (χ2v) is 14.9. The standard InChI is InChI=1S/C38H48F2N4O7/c1-22(2)33(31-19-32(42-51-31)49-21-24-14-16-43(17-15-24)37(48)50-38(4,5)6)36(47)44-20-27(45)18-30(44)35(46)41-23(3)25-10-12-26(13-11-25)34-28(39)8-7-9-29(34)40/h7-13,19,22-24,27,30,33,45H,14-18,20-21H2,1-6H3,(H,41,46)/t23-,27+,30-,33+/m0/s1. The molecule has 4 atom stereocenters. The van der Waals surface area contributed by atoms with Gasteiger partial charge in [0, 0.05) is 32.1 Å². The average molecular weight is 711 g/mol. The third-order valence-electron chi connectivity index (χ3n) is 9.36. The van der Waals surface area contributed by atoms with Crippen LogP contribution in [0, 0.1) is 23.5 Å². The Balaban J connectivity index is 1.18. The number of β-amino-alcohol motifs (C(OH)–C–C–N with tert-alkyl or cyclic N) is 1. The van der Waals surface area contributed by atoms with E-state index in [0.29, 0.717) is 36.6 Å². The second kappa shape index (κ2) is 15.8. The predicted octanol–water partition coefficient (Wildman–Crippen LogP) is 6.22. The average Bonchev–Trinajstić information content (AvgIpc) is 3.70. The number of aromatic nitrogens is 1. The van der Waals surface area contributed by atoms with Crippen molar-refractivity contribution in [3.63, 3.8) is 0 Å². The van der Waals surface area contributed by atoms with Gasteiger partial charge in [-0.25, -0.2) is 13.6 Å². The number of aliphatic hydroxyl groups is 1. The van der Waals surface area contributed by atoms with Gasteiger partial charge in [-0.05, 0) is 80.8 Å². The van der Waals surface area contributed by atoms with Crippen molar-refractivity contribution < 1.29 is 42.3 Å². The quantitative estimate of drug-likeness (QED) is 0.253. The van der Waals surface area contributed by atoms with Gasteiger partial charge in [0.1, 0.15) is 29.2 Å². The van der Waals surface area contributed by atoms with Crippen LogP contribution in [0.4, 0.5) is 13.6 Å². The lowest BCUT2D eigenvalue weighted by Crippen LogP contribution is -2.48. The normalized spacial score (nSPS) is 19.6. The summed E-state index contributed by atoms with van der Waals surface area (Å²) in [5.74, 6) is -2.41. The number of nitrogens with one attached hydrogen (secondary N) is 1. The molecule has 5 rings (SSSR count). The first-order chi connectivity index (χ1) is 24.1. The number of carbonyl (C=O) groups excluding carboxylic acids is 3. The monoisotopic (exact) mass is 710 g/mol. The highest BCUT2D eigenvalue weighted by atomic mass is 19.1. The molecule has 3 heterocycles. The summed E-state index contributed by atoms with van der Waals surface area (Å²) in [5.41, 5.74) is 0.383. The lowest BCUT2D eigenvalue weighted by atomic mass is 9.91. The molecule has 3 aromatic rings. The maximum Gasteiger partial charge on any atom is 0.410 e. The van der Waals surface area contributed by atoms with Crippen molar-refractivity contribution in [3.8, 4) is 17.0 Å². The molecule has 11 nitrogen and oxygen atoms in total. The van der Waals surface area contributed by atoms with Crippen molar-refractivity contribution in [1.82, 2.24) is 20.3 Å². The molecule has 2 N–H and O–H groups in total. The highest BCUT2D eigenvalue weighted by Gasteiger charge is 2.43. The minimum Gasteiger partial charge on any atom is -0.475 e. The summed E-state index contributed by atoms with van der Waals surface area (Å²) in [5, 5.41) is 17.5. The molecule has 0 saturated carbocycles. The van der Waals surface area contributed by atoms with Crippen molar-refractivity contribution in [2.24, 2.45) is 11.8 Å². The predicted molar refractivity (Wildman–Crippen MR) is 185 cm³/mol. The van der Waals surface area contributed by atoms with E-state index in [1.54, 1.807) is 42.2 Å². The van der Waals surface area contributed by atoms with E-state index < -0.39 is 47.2 Å². The molecule has 276 valence electrons. The number of hydrogen-bond acceptors (Lipinski definition) is 8. The molecule has 0 aliphatic carbocycles. The Morgan fingerprint density at radius 3 is 2.29 bits per heavy atom. The van der Waals surface area contributed by atoms with Crippen LogP contribution in [0.2, 0.25) is 0 Å². The summed E-state index contributed by atoms with van der Waals surface area (Å²) in [6, 6.07) is 10.4. The number of piperidine rings is 1. The van der Waals surface area contributed by atoms with E-state index in [4.69, 9.17) is 14.0 Å². The zero-order valence-corrected chi connectivity index (χ0v) is 30.0. The third-order valence-corrected chi connectivity index (χ3v) is 9.36. The maximum absolute atomic E-state index is 14.3. The molecule has 0 radical (unpaired) electrons. The summed E-state index contributed by atoms with van der Waals surface area (Å²) < 4.78 is 45.6. The Hall–Kier alpha value is -4.52. The number of likely N-dealkylation sites (tertiary alicyclic amines) is 2. The number of aliphatic hydroxyl groups excluding tert-OH is 1. The fourth-order valence-corrected chi connectivity index (χ4v) is 6.62. The molecule has 0 unspecified atom stereocenters. The molecule has 2 aliphatic heterocycles. The Bertz CT molecular complexity index is 1660. The lowest BCUT2D eigenvalue weighted by Gasteiger charge is -2.33. The fraction of sp³-hybridized carbons (Fsp3) is 0.526. The number of rotatable bonds is 10. The van der Waals surface area contributed by atoms with Gasteiger partial charge >= 0.3 is 6.09 Å². The van der Waals surface area contributed by atoms with Gasteiger partial charge in [0.2, 0.25) is 11.8 Å². The van der Waals surface area contributed by atoms with E-state index in [1.165, 1.54) is 23.1 Å². The zero-order chi connectivity index (χ0) is 37.0. The van der Waals surface area contributed by atoms with Crippen LogP contribution in [0.25, 0.3) is 11.1 Å². The van der Waals surface area contributed by atoms with Crippen LogP contribution >= 0.6 is 0 Å². The number of amides is 3. The Kier molecular flexibility index (Phi) is 11.7. The summed E-state index contributed by atoms with van der Waals surface area (Å²) >= 11 is 0. The minimum atomic E-state index is -0.923. The molecule has 13 heteroatoms. The van der Waals surface area contributed by atoms with Gasteiger partial charge in [-0.1, -0.05) is 44.2 Å². The molecule has 51 heavy (non-hydrogen) atoms. The molecular weight excluding hydrogens is 662 g/mol. The van der Waals surface area contributed by atoms with Crippen molar-refractivity contribution >= 4 is 17.9 Å². The van der Waals surface area contributed by atoms with Crippen LogP contribution in [0.1, 0.15) is 84.1 Å². The molecular formula is C38H48F2N4O7. The van der Waals surface area contributed by atoms with Gasteiger partial charge in [-0.3, -0.25) is 9.59 Å². The highest BCUT2D eigenvalue weighted by Crippen LogP contribution is 2.33. The van der Waals surface area contributed by atoms with E-state index in [1.807, 2.05) is 34.6 Å². The summed E-state index contributed by atoms with van der Waals surface area (Å²) in [4.78, 5) is 43.1. The molecule has 0 spiro atoms. The third kappa shape index (κ3) is 9.24. The molecule has 2 aliphatic rings. The van der Waals surface area contributed by atoms with Crippen LogP contribution in [-0.2, 0) is 14.3 Å². The first-order valence-electron chi connectivity index (χ1n) is 17.5. The van der Waals surface area contributed by atoms with Crippen molar-refractivity contribution in [2.45, 2.75) is 90.5 Å². The Morgan fingerprint density at radius 2 is 1.69 bits per heavy atom. The largest absolute Gasteiger partial charge is 0.475 e. The number of benzene rings is 2. The highest BCUT2D eigenvalue weighted by molar-refractivity contribution is 5.91. The zero-order valence-electron chi connectivity index (χ0n) is 30.0. The molecule has 2 saturated heterocycles. The van der Waals surface area contributed by atoms with Gasteiger partial charge in [-0.15, -0.1) is 0 Å². The van der Waals surface area contributed by atoms with Gasteiger partial charge in [0.15, 0.2) is 5.76 Å². The van der Waals surface area contributed by atoms with E-state index in [2.05, 4.69) is 10.5 Å². The van der Waals surface area contributed by atoms with E-state index in [9.17, 15) is 28.3 Å². The van der Waals surface area contributed by atoms with Crippen molar-refractivity contribution in [1.29, 1.82) is 0 Å². The Morgan fingerprint density at radius 1 is 1.04 bits per heavy atom. The van der Waals surface area contributed by atoms with Gasteiger partial charge in [0.25, 0.3) is 5.88 Å². The number of ether oxygens (including phenoxy) is 2. The van der Waals surface area contributed by atoms with Crippen LogP contribution in [-0.4, -0.2) is 82.0 Å². The number of hydrogen-bond donors (Lipinski definition) is 2. The van der Waals surface area contributed by atoms with Gasteiger partial charge < -0.3 is 34.2 Å².